The minimum absolute atomic E-state index is 0.0160. The molecule has 0 saturated carbocycles. The van der Waals surface area contributed by atoms with Gasteiger partial charge in [-0.3, -0.25) is 9.59 Å². The summed E-state index contributed by atoms with van der Waals surface area (Å²) in [5.41, 5.74) is 0.272. The van der Waals surface area contributed by atoms with Crippen LogP contribution in [0.1, 0.15) is 46.8 Å². The summed E-state index contributed by atoms with van der Waals surface area (Å²) in [6.07, 6.45) is -1.88. The SMILES string of the molecule is CCOc1cc(OCc2ccc(OC)cc2)ncc1-c1ccc(CC(=O)Nc2cc(C(=O)NCC3CCCN3C)cc(C(F)(F)F)c2)c(F)c1. The van der Waals surface area contributed by atoms with E-state index < -0.39 is 35.8 Å². The minimum Gasteiger partial charge on any atom is -0.497 e. The van der Waals surface area contributed by atoms with Crippen LogP contribution >= 0.6 is 0 Å². The normalized spacial score (nSPS) is 14.7. The molecule has 5 rings (SSSR count). The van der Waals surface area contributed by atoms with E-state index in [2.05, 4.69) is 20.5 Å². The lowest BCUT2D eigenvalue weighted by Crippen LogP contribution is -2.38. The highest BCUT2D eigenvalue weighted by Crippen LogP contribution is 2.34. The highest BCUT2D eigenvalue weighted by molar-refractivity contribution is 5.98. The molecular weight excluding hydrogens is 656 g/mol. The number of halogens is 4. The van der Waals surface area contributed by atoms with E-state index >= 15 is 4.39 Å². The number of likely N-dealkylation sites (tertiary alicyclic amines) is 1. The molecule has 1 aliphatic rings. The van der Waals surface area contributed by atoms with E-state index in [9.17, 15) is 22.8 Å². The molecule has 1 fully saturated rings. The van der Waals surface area contributed by atoms with Crippen molar-refractivity contribution in [1.29, 1.82) is 0 Å². The summed E-state index contributed by atoms with van der Waals surface area (Å²) < 4.78 is 73.3. The number of anilines is 1. The van der Waals surface area contributed by atoms with Crippen LogP contribution in [0.3, 0.4) is 0 Å². The van der Waals surface area contributed by atoms with Gasteiger partial charge >= 0.3 is 6.18 Å². The molecule has 0 bridgehead atoms. The summed E-state index contributed by atoms with van der Waals surface area (Å²) in [4.78, 5) is 32.2. The number of benzene rings is 3. The van der Waals surface area contributed by atoms with Crippen molar-refractivity contribution >= 4 is 17.5 Å². The average molecular weight is 695 g/mol. The number of carbonyl (C=O) groups excluding carboxylic acids is 2. The van der Waals surface area contributed by atoms with Crippen LogP contribution in [0.2, 0.25) is 0 Å². The third-order valence-corrected chi connectivity index (χ3v) is 8.38. The van der Waals surface area contributed by atoms with Gasteiger partial charge in [-0.05, 0) is 86.4 Å². The first-order chi connectivity index (χ1) is 23.9. The molecule has 1 atom stereocenters. The summed E-state index contributed by atoms with van der Waals surface area (Å²) in [7, 11) is 3.51. The second-order valence-corrected chi connectivity index (χ2v) is 11.9. The summed E-state index contributed by atoms with van der Waals surface area (Å²) in [6, 6.07) is 16.0. The van der Waals surface area contributed by atoms with E-state index in [0.29, 0.717) is 29.4 Å². The first-order valence-electron chi connectivity index (χ1n) is 16.1. The molecule has 1 saturated heterocycles. The number of nitrogens with zero attached hydrogens (tertiary/aromatic N) is 2. The van der Waals surface area contributed by atoms with E-state index in [0.717, 1.165) is 42.8 Å². The van der Waals surface area contributed by atoms with Crippen molar-refractivity contribution in [3.05, 3.63) is 101 Å². The van der Waals surface area contributed by atoms with Gasteiger partial charge in [-0.15, -0.1) is 0 Å². The van der Waals surface area contributed by atoms with Crippen LogP contribution in [-0.4, -0.2) is 61.6 Å². The highest BCUT2D eigenvalue weighted by atomic mass is 19.4. The Hall–Kier alpha value is -5.17. The fourth-order valence-electron chi connectivity index (χ4n) is 5.65. The van der Waals surface area contributed by atoms with Gasteiger partial charge in [-0.2, -0.15) is 13.2 Å². The van der Waals surface area contributed by atoms with Crippen LogP contribution < -0.4 is 24.8 Å². The van der Waals surface area contributed by atoms with Gasteiger partial charge in [0.2, 0.25) is 11.8 Å². The molecular formula is C37H38F4N4O5. The number of hydrogen-bond acceptors (Lipinski definition) is 7. The number of methoxy groups -OCH3 is 1. The molecule has 264 valence electrons. The Morgan fingerprint density at radius 1 is 1.02 bits per heavy atom. The zero-order chi connectivity index (χ0) is 35.8. The van der Waals surface area contributed by atoms with Gasteiger partial charge in [0.1, 0.15) is 23.9 Å². The number of nitrogens with one attached hydrogen (secondary N) is 2. The van der Waals surface area contributed by atoms with E-state index in [1.54, 1.807) is 26.2 Å². The topological polar surface area (TPSA) is 102 Å². The zero-order valence-corrected chi connectivity index (χ0v) is 27.9. The maximum atomic E-state index is 15.3. The number of carbonyl (C=O) groups is 2. The molecule has 2 amide bonds. The summed E-state index contributed by atoms with van der Waals surface area (Å²) in [5, 5.41) is 5.09. The molecule has 4 aromatic rings. The number of hydrogen-bond donors (Lipinski definition) is 2. The van der Waals surface area contributed by atoms with Crippen molar-refractivity contribution in [3.63, 3.8) is 0 Å². The van der Waals surface area contributed by atoms with Gasteiger partial charge in [0.15, 0.2) is 0 Å². The molecule has 2 N–H and O–H groups in total. The van der Waals surface area contributed by atoms with Gasteiger partial charge in [0.05, 0.1) is 25.7 Å². The monoisotopic (exact) mass is 694 g/mol. The predicted octanol–water partition coefficient (Wildman–Crippen LogP) is 6.90. The molecule has 1 aliphatic heterocycles. The van der Waals surface area contributed by atoms with Crippen LogP contribution in [0.5, 0.6) is 17.4 Å². The number of rotatable bonds is 13. The van der Waals surface area contributed by atoms with Crippen molar-refractivity contribution in [2.45, 2.75) is 45.0 Å². The summed E-state index contributed by atoms with van der Waals surface area (Å²) in [5.74, 6) is -0.713. The summed E-state index contributed by atoms with van der Waals surface area (Å²) >= 11 is 0. The van der Waals surface area contributed by atoms with Gasteiger partial charge < -0.3 is 29.7 Å². The number of ether oxygens (including phenoxy) is 3. The smallest absolute Gasteiger partial charge is 0.416 e. The fourth-order valence-corrected chi connectivity index (χ4v) is 5.65. The molecule has 1 unspecified atom stereocenters. The lowest BCUT2D eigenvalue weighted by atomic mass is 10.0. The standard InChI is InChI=1S/C37H38F4N4O5/c1-4-49-33-19-35(50-22-23-7-11-30(48-3)12-8-23)42-21-31(33)24-9-10-25(32(38)16-24)17-34(46)44-28-15-26(14-27(18-28)37(39,40)41)36(47)43-20-29-6-5-13-45(29)2/h7-12,14-16,18-19,21,29H,4-6,13,17,20,22H2,1-3H3,(H,43,47)(H,44,46). The second-order valence-electron chi connectivity index (χ2n) is 11.9. The Morgan fingerprint density at radius 3 is 2.46 bits per heavy atom. The first-order valence-corrected chi connectivity index (χ1v) is 16.1. The Morgan fingerprint density at radius 2 is 1.80 bits per heavy atom. The number of amides is 2. The Balaban J connectivity index is 1.26. The molecule has 0 aliphatic carbocycles. The number of pyridine rings is 1. The van der Waals surface area contributed by atoms with Crippen LogP contribution in [0.25, 0.3) is 11.1 Å². The number of aromatic nitrogens is 1. The summed E-state index contributed by atoms with van der Waals surface area (Å²) in [6.45, 7) is 3.55. The van der Waals surface area contributed by atoms with Gasteiger partial charge in [-0.25, -0.2) is 9.37 Å². The second kappa shape index (κ2) is 16.0. The van der Waals surface area contributed by atoms with Gasteiger partial charge in [0, 0.05) is 41.7 Å². The van der Waals surface area contributed by atoms with Crippen LogP contribution in [-0.2, 0) is 24.0 Å². The van der Waals surface area contributed by atoms with Crippen molar-refractivity contribution in [2.75, 3.05) is 39.2 Å². The lowest BCUT2D eigenvalue weighted by Gasteiger charge is -2.20. The maximum Gasteiger partial charge on any atom is 0.416 e. The van der Waals surface area contributed by atoms with Gasteiger partial charge in [0.25, 0.3) is 5.91 Å². The zero-order valence-electron chi connectivity index (χ0n) is 27.9. The van der Waals surface area contributed by atoms with E-state index in [4.69, 9.17) is 14.2 Å². The highest BCUT2D eigenvalue weighted by Gasteiger charge is 2.32. The van der Waals surface area contributed by atoms with E-state index in [1.165, 1.54) is 24.4 Å². The Bertz CT molecular complexity index is 1820. The number of alkyl halides is 3. The van der Waals surface area contributed by atoms with Crippen LogP contribution in [0.4, 0.5) is 23.2 Å². The molecule has 2 heterocycles. The minimum atomic E-state index is -4.76. The molecule has 0 radical (unpaired) electrons. The molecule has 3 aromatic carbocycles. The largest absolute Gasteiger partial charge is 0.497 e. The maximum absolute atomic E-state index is 15.3. The molecule has 1 aromatic heterocycles. The molecule has 13 heteroatoms. The number of likely N-dealkylation sites (N-methyl/N-ethyl adjacent to an activating group) is 1. The van der Waals surface area contributed by atoms with Gasteiger partial charge in [-0.1, -0.05) is 24.3 Å². The fraction of sp³-hybridized carbons (Fsp3) is 0.324. The first kappa shape index (κ1) is 36.1. The van der Waals surface area contributed by atoms with Crippen molar-refractivity contribution in [2.24, 2.45) is 0 Å². The third kappa shape index (κ3) is 9.29. The van der Waals surface area contributed by atoms with Crippen LogP contribution in [0, 0.1) is 5.82 Å². The van der Waals surface area contributed by atoms with Crippen molar-refractivity contribution in [3.8, 4) is 28.5 Å². The Kier molecular flexibility index (Phi) is 11.6. The van der Waals surface area contributed by atoms with E-state index in [1.807, 2.05) is 31.3 Å². The van der Waals surface area contributed by atoms with E-state index in [-0.39, 0.29) is 36.0 Å². The lowest BCUT2D eigenvalue weighted by molar-refractivity contribution is -0.137. The van der Waals surface area contributed by atoms with Crippen molar-refractivity contribution < 1.29 is 41.4 Å². The van der Waals surface area contributed by atoms with Crippen LogP contribution in [0.15, 0.2) is 72.9 Å². The molecule has 50 heavy (non-hydrogen) atoms. The quantitative estimate of drug-likeness (QED) is 0.147. The predicted molar refractivity (Wildman–Crippen MR) is 180 cm³/mol. The third-order valence-electron chi connectivity index (χ3n) is 8.38. The Labute approximate surface area is 287 Å². The molecule has 9 nitrogen and oxygen atoms in total. The molecule has 0 spiro atoms. The van der Waals surface area contributed by atoms with Crippen molar-refractivity contribution in [1.82, 2.24) is 15.2 Å². The average Bonchev–Trinajstić information content (AvgIpc) is 3.51.